The summed E-state index contributed by atoms with van der Waals surface area (Å²) in [6.07, 6.45) is -1.20. The number of rotatable bonds is 6. The van der Waals surface area contributed by atoms with Crippen LogP contribution in [0.1, 0.15) is 50.5 Å². The van der Waals surface area contributed by atoms with E-state index >= 15 is 0 Å². The molecule has 2 N–H and O–H groups in total. The lowest BCUT2D eigenvalue weighted by Gasteiger charge is -2.25. The summed E-state index contributed by atoms with van der Waals surface area (Å²) < 4.78 is 5.98. The third-order valence-electron chi connectivity index (χ3n) is 3.70. The number of benzene rings is 1. The maximum Gasteiger partial charge on any atom is 0.405 e. The lowest BCUT2D eigenvalue weighted by molar-refractivity contribution is 0.0908. The molecule has 0 aliphatic rings. The Morgan fingerprint density at radius 1 is 1.21 bits per heavy atom. The smallest absolute Gasteiger partial charge is 0.405 e. The molecule has 1 rings (SSSR count). The van der Waals surface area contributed by atoms with Gasteiger partial charge in [-0.05, 0) is 42.1 Å². The predicted molar refractivity (Wildman–Crippen MR) is 98.8 cm³/mol. The van der Waals surface area contributed by atoms with Crippen LogP contribution < -0.4 is 9.74 Å². The Bertz CT molecular complexity index is 606. The minimum atomic E-state index is -1.41. The zero-order chi connectivity index (χ0) is 18.7. The van der Waals surface area contributed by atoms with E-state index in [9.17, 15) is 9.59 Å². The fourth-order valence-corrected chi connectivity index (χ4v) is 3.08. The molecule has 0 heterocycles. The van der Waals surface area contributed by atoms with Gasteiger partial charge in [-0.3, -0.25) is 4.79 Å². The number of nitrogens with one attached hydrogen (secondary N) is 1. The van der Waals surface area contributed by atoms with Gasteiger partial charge in [-0.15, -0.1) is 0 Å². The van der Waals surface area contributed by atoms with E-state index in [1.807, 2.05) is 39.1 Å². The van der Waals surface area contributed by atoms with Crippen LogP contribution in [0.25, 0.3) is 0 Å². The second-order valence-electron chi connectivity index (χ2n) is 7.66. The van der Waals surface area contributed by atoms with Crippen LogP contribution in [0.3, 0.4) is 0 Å². The quantitative estimate of drug-likeness (QED) is 0.603. The summed E-state index contributed by atoms with van der Waals surface area (Å²) in [7, 11) is -1.41. The predicted octanol–water partition coefficient (Wildman–Crippen LogP) is 3.82. The Labute approximate surface area is 146 Å². The average Bonchev–Trinajstić information content (AvgIpc) is 2.42. The fraction of sp³-hybridized carbons (Fsp3) is 0.556. The van der Waals surface area contributed by atoms with Gasteiger partial charge < -0.3 is 14.8 Å². The summed E-state index contributed by atoms with van der Waals surface area (Å²) in [5.41, 5.74) is 1.46. The first-order valence-corrected chi connectivity index (χ1v) is 11.1. The molecule has 0 aromatic heterocycles. The number of hydrogen-bond acceptors (Lipinski definition) is 3. The van der Waals surface area contributed by atoms with Crippen LogP contribution in [0.4, 0.5) is 4.79 Å². The van der Waals surface area contributed by atoms with E-state index in [1.54, 1.807) is 6.07 Å². The molecule has 1 aromatic carbocycles. The first kappa shape index (κ1) is 20.2. The zero-order valence-electron chi connectivity index (χ0n) is 15.6. The Morgan fingerprint density at radius 3 is 2.21 bits per heavy atom. The highest BCUT2D eigenvalue weighted by Crippen LogP contribution is 2.30. The molecule has 1 aromatic rings. The molecule has 1 atom stereocenters. The normalized spacial score (nSPS) is 13.0. The van der Waals surface area contributed by atoms with E-state index in [0.717, 1.165) is 5.56 Å². The molecule has 134 valence electrons. The topological polar surface area (TPSA) is 75.6 Å². The highest BCUT2D eigenvalue weighted by Gasteiger charge is 2.28. The maximum absolute atomic E-state index is 12.9. The van der Waals surface area contributed by atoms with E-state index in [-0.39, 0.29) is 17.1 Å². The van der Waals surface area contributed by atoms with Crippen LogP contribution in [-0.2, 0) is 5.41 Å². The minimum Gasteiger partial charge on any atom is -0.546 e. The Hall–Kier alpha value is -1.82. The van der Waals surface area contributed by atoms with Crippen LogP contribution >= 0.6 is 0 Å². The SMILES string of the molecule is CC(C)[C@H](NC(=O)O)C(=O)c1ccc(C(C)(C)C)cc1O[SiH](C)C. The van der Waals surface area contributed by atoms with Crippen LogP contribution in [0.15, 0.2) is 18.2 Å². The van der Waals surface area contributed by atoms with Crippen LogP contribution in [-0.4, -0.2) is 32.1 Å². The van der Waals surface area contributed by atoms with Crippen molar-refractivity contribution in [1.29, 1.82) is 0 Å². The molecule has 6 heteroatoms. The summed E-state index contributed by atoms with van der Waals surface area (Å²) >= 11 is 0. The van der Waals surface area contributed by atoms with Gasteiger partial charge in [0.25, 0.3) is 0 Å². The van der Waals surface area contributed by atoms with Crippen molar-refractivity contribution in [3.63, 3.8) is 0 Å². The molecule has 0 unspecified atom stereocenters. The molecular weight excluding hydrogens is 322 g/mol. The molecule has 24 heavy (non-hydrogen) atoms. The highest BCUT2D eigenvalue weighted by molar-refractivity contribution is 6.49. The molecule has 5 nitrogen and oxygen atoms in total. The Balaban J connectivity index is 3.34. The highest BCUT2D eigenvalue weighted by atomic mass is 28.3. The summed E-state index contributed by atoms with van der Waals surface area (Å²) in [5.74, 6) is 0.157. The molecule has 0 radical (unpaired) electrons. The van der Waals surface area contributed by atoms with Crippen molar-refractivity contribution in [3.8, 4) is 5.75 Å². The molecule has 0 fully saturated rings. The number of Topliss-reactive ketones (excluding diaryl/α,β-unsaturated/α-hetero) is 1. The Kier molecular flexibility index (Phi) is 6.60. The van der Waals surface area contributed by atoms with Crippen LogP contribution in [0.2, 0.25) is 13.1 Å². The molecule has 0 aliphatic carbocycles. The van der Waals surface area contributed by atoms with Crippen molar-refractivity contribution in [3.05, 3.63) is 29.3 Å². The van der Waals surface area contributed by atoms with Crippen molar-refractivity contribution in [2.24, 2.45) is 5.92 Å². The van der Waals surface area contributed by atoms with E-state index in [4.69, 9.17) is 9.53 Å². The van der Waals surface area contributed by atoms with Crippen molar-refractivity contribution in [2.45, 2.75) is 59.2 Å². The molecule has 0 aliphatic heterocycles. The average molecular weight is 352 g/mol. The van der Waals surface area contributed by atoms with E-state index in [1.165, 1.54) is 0 Å². The van der Waals surface area contributed by atoms with E-state index in [2.05, 4.69) is 26.1 Å². The zero-order valence-corrected chi connectivity index (χ0v) is 16.8. The van der Waals surface area contributed by atoms with Gasteiger partial charge in [-0.1, -0.05) is 40.7 Å². The maximum atomic E-state index is 12.9. The monoisotopic (exact) mass is 351 g/mol. The van der Waals surface area contributed by atoms with Gasteiger partial charge >= 0.3 is 6.09 Å². The second-order valence-corrected chi connectivity index (χ2v) is 10.00. The first-order valence-electron chi connectivity index (χ1n) is 8.28. The van der Waals surface area contributed by atoms with Gasteiger partial charge in [0, 0.05) is 0 Å². The molecule has 0 saturated carbocycles. The largest absolute Gasteiger partial charge is 0.546 e. The number of carbonyl (C=O) groups is 2. The summed E-state index contributed by atoms with van der Waals surface area (Å²) in [6.45, 7) is 14.0. The van der Waals surface area contributed by atoms with Crippen LogP contribution in [0, 0.1) is 5.92 Å². The number of ketones is 1. The molecular formula is C18H29NO4Si. The third kappa shape index (κ3) is 5.37. The molecule has 1 amide bonds. The van der Waals surface area contributed by atoms with Gasteiger partial charge in [0.15, 0.2) is 5.78 Å². The standard InChI is InChI=1S/C18H29NO4Si/c1-11(2)15(19-17(21)22)16(20)13-9-8-12(18(3,4)5)10-14(13)23-24(6)7/h8-11,15,19,24H,1-7H3,(H,21,22)/t15-/m0/s1. The molecule has 0 spiro atoms. The number of carbonyl (C=O) groups excluding carboxylic acids is 1. The lowest BCUT2D eigenvalue weighted by atomic mass is 9.85. The van der Waals surface area contributed by atoms with Crippen LogP contribution in [0.5, 0.6) is 5.75 Å². The molecule has 0 bridgehead atoms. The lowest BCUT2D eigenvalue weighted by Crippen LogP contribution is -2.44. The van der Waals surface area contributed by atoms with E-state index < -0.39 is 21.2 Å². The third-order valence-corrected chi connectivity index (χ3v) is 4.43. The van der Waals surface area contributed by atoms with Crippen molar-refractivity contribution >= 4 is 20.9 Å². The second kappa shape index (κ2) is 7.83. The van der Waals surface area contributed by atoms with Crippen molar-refractivity contribution in [2.75, 3.05) is 0 Å². The summed E-state index contributed by atoms with van der Waals surface area (Å²) in [6, 6.07) is 4.80. The van der Waals surface area contributed by atoms with Gasteiger partial charge in [-0.25, -0.2) is 4.79 Å². The number of hydrogen-bond donors (Lipinski definition) is 2. The fourth-order valence-electron chi connectivity index (χ4n) is 2.38. The van der Waals surface area contributed by atoms with Gasteiger partial charge in [0.1, 0.15) is 5.75 Å². The summed E-state index contributed by atoms with van der Waals surface area (Å²) in [5, 5.41) is 11.3. The van der Waals surface area contributed by atoms with E-state index in [0.29, 0.717) is 11.3 Å². The Morgan fingerprint density at radius 2 is 1.79 bits per heavy atom. The van der Waals surface area contributed by atoms with Crippen molar-refractivity contribution in [1.82, 2.24) is 5.32 Å². The van der Waals surface area contributed by atoms with Gasteiger partial charge in [0.2, 0.25) is 9.04 Å². The number of amides is 1. The van der Waals surface area contributed by atoms with Gasteiger partial charge in [0.05, 0.1) is 11.6 Å². The minimum absolute atomic E-state index is 0.0605. The molecule has 0 saturated heterocycles. The first-order chi connectivity index (χ1) is 10.9. The van der Waals surface area contributed by atoms with Gasteiger partial charge in [-0.2, -0.15) is 0 Å². The van der Waals surface area contributed by atoms with Crippen molar-refractivity contribution < 1.29 is 19.1 Å². The number of carboxylic acid groups (broad SMARTS) is 1. The summed E-state index contributed by atoms with van der Waals surface area (Å²) in [4.78, 5) is 23.9.